The lowest BCUT2D eigenvalue weighted by Gasteiger charge is -2.18. The lowest BCUT2D eigenvalue weighted by atomic mass is 9.98. The minimum Gasteiger partial charge on any atom is -0.419 e. The predicted molar refractivity (Wildman–Crippen MR) is 77.9 cm³/mol. The second-order valence-corrected chi connectivity index (χ2v) is 5.77. The molecule has 1 aromatic heterocycles. The molecule has 0 spiro atoms. The second kappa shape index (κ2) is 5.75. The molecule has 20 heavy (non-hydrogen) atoms. The molecule has 1 heterocycles. The summed E-state index contributed by atoms with van der Waals surface area (Å²) in [6.07, 6.45) is 2.54. The monoisotopic (exact) mass is 271 g/mol. The molecule has 1 aliphatic rings. The van der Waals surface area contributed by atoms with Crippen LogP contribution in [0.2, 0.25) is 0 Å². The Labute approximate surface area is 119 Å². The van der Waals surface area contributed by atoms with Gasteiger partial charge in [-0.1, -0.05) is 32.0 Å². The first-order chi connectivity index (χ1) is 9.74. The van der Waals surface area contributed by atoms with Crippen molar-refractivity contribution in [1.29, 1.82) is 0 Å². The van der Waals surface area contributed by atoms with Crippen molar-refractivity contribution in [3.63, 3.8) is 0 Å². The third-order valence-corrected chi connectivity index (χ3v) is 4.47. The van der Waals surface area contributed by atoms with Crippen LogP contribution in [-0.2, 0) is 6.54 Å². The summed E-state index contributed by atoms with van der Waals surface area (Å²) >= 11 is 0. The first kappa shape index (κ1) is 13.3. The van der Waals surface area contributed by atoms with E-state index >= 15 is 0 Å². The van der Waals surface area contributed by atoms with Gasteiger partial charge in [0.1, 0.15) is 0 Å². The van der Waals surface area contributed by atoms with Crippen LogP contribution in [0.15, 0.2) is 34.7 Å². The van der Waals surface area contributed by atoms with Gasteiger partial charge in [0.25, 0.3) is 0 Å². The lowest BCUT2D eigenvalue weighted by Crippen LogP contribution is -2.31. The van der Waals surface area contributed by atoms with Gasteiger partial charge in [-0.15, -0.1) is 10.2 Å². The zero-order chi connectivity index (χ0) is 13.9. The molecule has 106 valence electrons. The average Bonchev–Trinajstić information content (AvgIpc) is 3.07. The van der Waals surface area contributed by atoms with E-state index in [0.29, 0.717) is 30.3 Å². The van der Waals surface area contributed by atoms with Crippen LogP contribution in [0, 0.1) is 11.8 Å². The molecular weight excluding hydrogens is 250 g/mol. The van der Waals surface area contributed by atoms with Crippen molar-refractivity contribution in [2.45, 2.75) is 39.3 Å². The Balaban J connectivity index is 1.61. The zero-order valence-electron chi connectivity index (χ0n) is 12.0. The van der Waals surface area contributed by atoms with E-state index in [-0.39, 0.29) is 0 Å². The van der Waals surface area contributed by atoms with Crippen LogP contribution in [0.3, 0.4) is 0 Å². The summed E-state index contributed by atoms with van der Waals surface area (Å²) < 4.78 is 5.71. The largest absolute Gasteiger partial charge is 0.419 e. The summed E-state index contributed by atoms with van der Waals surface area (Å²) in [7, 11) is 0. The van der Waals surface area contributed by atoms with Gasteiger partial charge in [-0.25, -0.2) is 0 Å². The number of nitrogens with zero attached hydrogens (tertiary/aromatic N) is 2. The van der Waals surface area contributed by atoms with Gasteiger partial charge < -0.3 is 9.73 Å². The van der Waals surface area contributed by atoms with E-state index in [1.165, 1.54) is 12.8 Å². The molecule has 0 radical (unpaired) electrons. The van der Waals surface area contributed by atoms with Crippen molar-refractivity contribution < 1.29 is 4.42 Å². The van der Waals surface area contributed by atoms with Crippen LogP contribution in [0.4, 0.5) is 0 Å². The Morgan fingerprint density at radius 1 is 1.15 bits per heavy atom. The Kier molecular flexibility index (Phi) is 3.83. The topological polar surface area (TPSA) is 51.0 Å². The molecule has 3 atom stereocenters. The Morgan fingerprint density at radius 3 is 2.65 bits per heavy atom. The maximum atomic E-state index is 5.71. The minimum absolute atomic E-state index is 0.567. The minimum atomic E-state index is 0.567. The first-order valence-corrected chi connectivity index (χ1v) is 7.35. The smallest absolute Gasteiger partial charge is 0.247 e. The fraction of sp³-hybridized carbons (Fsp3) is 0.500. The highest BCUT2D eigenvalue weighted by atomic mass is 16.4. The SMILES string of the molecule is CC1CCC(NCc2nnc(-c3ccccc3)o2)C1C. The maximum absolute atomic E-state index is 5.71. The number of benzene rings is 1. The van der Waals surface area contributed by atoms with Crippen LogP contribution < -0.4 is 5.32 Å². The molecule has 1 aliphatic carbocycles. The molecule has 1 N–H and O–H groups in total. The average molecular weight is 271 g/mol. The maximum Gasteiger partial charge on any atom is 0.247 e. The van der Waals surface area contributed by atoms with Gasteiger partial charge in [0, 0.05) is 11.6 Å². The van der Waals surface area contributed by atoms with Gasteiger partial charge in [-0.3, -0.25) is 0 Å². The molecule has 0 amide bonds. The number of hydrogen-bond donors (Lipinski definition) is 1. The summed E-state index contributed by atoms with van der Waals surface area (Å²) in [5.74, 6) is 2.77. The molecule has 0 aliphatic heterocycles. The van der Waals surface area contributed by atoms with Gasteiger partial charge >= 0.3 is 0 Å². The highest BCUT2D eigenvalue weighted by Crippen LogP contribution is 2.31. The molecule has 2 aromatic rings. The van der Waals surface area contributed by atoms with Crippen LogP contribution in [0.25, 0.3) is 11.5 Å². The van der Waals surface area contributed by atoms with E-state index in [2.05, 4.69) is 29.4 Å². The van der Waals surface area contributed by atoms with E-state index in [1.807, 2.05) is 30.3 Å². The molecule has 1 fully saturated rings. The molecule has 1 saturated carbocycles. The van der Waals surface area contributed by atoms with Gasteiger partial charge in [-0.05, 0) is 36.8 Å². The van der Waals surface area contributed by atoms with E-state index in [1.54, 1.807) is 0 Å². The highest BCUT2D eigenvalue weighted by molar-refractivity contribution is 5.51. The molecule has 0 saturated heterocycles. The number of aromatic nitrogens is 2. The molecular formula is C16H21N3O. The predicted octanol–water partition coefficient (Wildman–Crippen LogP) is 3.26. The van der Waals surface area contributed by atoms with Crippen LogP contribution in [-0.4, -0.2) is 16.2 Å². The fourth-order valence-corrected chi connectivity index (χ4v) is 2.89. The van der Waals surface area contributed by atoms with Gasteiger partial charge in [0.15, 0.2) is 0 Å². The summed E-state index contributed by atoms with van der Waals surface area (Å²) in [6.45, 7) is 5.30. The van der Waals surface area contributed by atoms with E-state index in [9.17, 15) is 0 Å². The number of rotatable bonds is 4. The van der Waals surface area contributed by atoms with Gasteiger partial charge in [0.2, 0.25) is 11.8 Å². The molecule has 3 unspecified atom stereocenters. The fourth-order valence-electron chi connectivity index (χ4n) is 2.89. The van der Waals surface area contributed by atoms with Crippen molar-refractivity contribution in [1.82, 2.24) is 15.5 Å². The Morgan fingerprint density at radius 2 is 1.95 bits per heavy atom. The van der Waals surface area contributed by atoms with E-state index < -0.39 is 0 Å². The zero-order valence-corrected chi connectivity index (χ0v) is 12.0. The third-order valence-electron chi connectivity index (χ3n) is 4.47. The normalized spacial score (nSPS) is 26.0. The summed E-state index contributed by atoms with van der Waals surface area (Å²) in [6, 6.07) is 10.4. The first-order valence-electron chi connectivity index (χ1n) is 7.35. The summed E-state index contributed by atoms with van der Waals surface area (Å²) in [5.41, 5.74) is 0.967. The Bertz CT molecular complexity index is 552. The molecule has 4 nitrogen and oxygen atoms in total. The Hall–Kier alpha value is -1.68. The molecule has 0 bridgehead atoms. The highest BCUT2D eigenvalue weighted by Gasteiger charge is 2.29. The van der Waals surface area contributed by atoms with Crippen molar-refractivity contribution in [2.75, 3.05) is 0 Å². The standard InChI is InChI=1S/C16H21N3O/c1-11-8-9-14(12(11)2)17-10-15-18-19-16(20-15)13-6-4-3-5-7-13/h3-7,11-12,14,17H,8-10H2,1-2H3. The van der Waals surface area contributed by atoms with Crippen LogP contribution in [0.5, 0.6) is 0 Å². The van der Waals surface area contributed by atoms with Gasteiger partial charge in [-0.2, -0.15) is 0 Å². The quantitative estimate of drug-likeness (QED) is 0.927. The summed E-state index contributed by atoms with van der Waals surface area (Å²) in [4.78, 5) is 0. The van der Waals surface area contributed by atoms with Crippen molar-refractivity contribution in [2.24, 2.45) is 11.8 Å². The van der Waals surface area contributed by atoms with Crippen molar-refractivity contribution >= 4 is 0 Å². The molecule has 3 rings (SSSR count). The number of nitrogens with one attached hydrogen (secondary N) is 1. The van der Waals surface area contributed by atoms with Crippen molar-refractivity contribution in [3.05, 3.63) is 36.2 Å². The third kappa shape index (κ3) is 2.75. The van der Waals surface area contributed by atoms with Gasteiger partial charge in [0.05, 0.1) is 6.54 Å². The molecule has 4 heteroatoms. The van der Waals surface area contributed by atoms with E-state index in [0.717, 1.165) is 11.5 Å². The number of hydrogen-bond acceptors (Lipinski definition) is 4. The van der Waals surface area contributed by atoms with Crippen LogP contribution in [0.1, 0.15) is 32.6 Å². The molecule has 1 aromatic carbocycles. The summed E-state index contributed by atoms with van der Waals surface area (Å²) in [5, 5.41) is 11.8. The second-order valence-electron chi connectivity index (χ2n) is 5.77. The lowest BCUT2D eigenvalue weighted by molar-refractivity contribution is 0.353. The van der Waals surface area contributed by atoms with Crippen molar-refractivity contribution in [3.8, 4) is 11.5 Å². The van der Waals surface area contributed by atoms with Crippen LogP contribution >= 0.6 is 0 Å². The van der Waals surface area contributed by atoms with E-state index in [4.69, 9.17) is 4.42 Å².